The van der Waals surface area contributed by atoms with Crippen LogP contribution >= 0.6 is 0 Å². The van der Waals surface area contributed by atoms with E-state index in [2.05, 4.69) is 29.0 Å². The van der Waals surface area contributed by atoms with Crippen molar-refractivity contribution in [3.05, 3.63) is 95.8 Å². The molecular formula is C22H22BrNO2. The van der Waals surface area contributed by atoms with E-state index in [0.717, 1.165) is 22.6 Å². The second-order valence-corrected chi connectivity index (χ2v) is 6.47. The maximum absolute atomic E-state index is 11.8. The van der Waals surface area contributed by atoms with Gasteiger partial charge in [-0.15, -0.1) is 0 Å². The number of aromatic nitrogens is 1. The van der Waals surface area contributed by atoms with Crippen molar-refractivity contribution in [3.8, 4) is 5.75 Å². The van der Waals surface area contributed by atoms with E-state index in [1.165, 1.54) is 0 Å². The number of hydrogen-bond acceptors (Lipinski definition) is 2. The van der Waals surface area contributed by atoms with Gasteiger partial charge in [0, 0.05) is 17.7 Å². The van der Waals surface area contributed by atoms with Crippen LogP contribution in [0.3, 0.4) is 0 Å². The van der Waals surface area contributed by atoms with Crippen LogP contribution in [-0.2, 0) is 12.0 Å². The Hall–Kier alpha value is -2.17. The quantitative estimate of drug-likeness (QED) is 0.630. The molecule has 0 bridgehead atoms. The number of hydrogen-bond donors (Lipinski definition) is 1. The SMILES string of the molecule is CCOc1ccc(C2(O)Cc3cccc[n+]3C2c2ccccc2)cc1.[Br-]. The van der Waals surface area contributed by atoms with Gasteiger partial charge >= 0.3 is 0 Å². The number of ether oxygens (including phenoxy) is 1. The van der Waals surface area contributed by atoms with Gasteiger partial charge in [0.2, 0.25) is 6.04 Å². The lowest BCUT2D eigenvalue weighted by molar-refractivity contribution is -0.717. The first kappa shape index (κ1) is 18.6. The fourth-order valence-electron chi connectivity index (χ4n) is 3.83. The van der Waals surface area contributed by atoms with Gasteiger partial charge in [-0.1, -0.05) is 48.5 Å². The van der Waals surface area contributed by atoms with E-state index in [1.54, 1.807) is 0 Å². The van der Waals surface area contributed by atoms with Crippen LogP contribution in [0.2, 0.25) is 0 Å². The van der Waals surface area contributed by atoms with Crippen molar-refractivity contribution >= 4 is 0 Å². The van der Waals surface area contributed by atoms with Crippen LogP contribution in [0.4, 0.5) is 0 Å². The molecule has 1 aliphatic heterocycles. The molecule has 134 valence electrons. The minimum Gasteiger partial charge on any atom is -1.00 e. The fraction of sp³-hybridized carbons (Fsp3) is 0.227. The monoisotopic (exact) mass is 411 g/mol. The molecule has 4 rings (SSSR count). The second-order valence-electron chi connectivity index (χ2n) is 6.47. The Kier molecular flexibility index (Phi) is 5.44. The Labute approximate surface area is 164 Å². The molecule has 2 heterocycles. The van der Waals surface area contributed by atoms with Crippen LogP contribution in [-0.4, -0.2) is 11.7 Å². The normalized spacial score (nSPS) is 20.9. The first-order chi connectivity index (χ1) is 12.2. The molecule has 1 aliphatic rings. The third-order valence-electron chi connectivity index (χ3n) is 4.94. The van der Waals surface area contributed by atoms with Gasteiger partial charge in [-0.2, -0.15) is 4.57 Å². The van der Waals surface area contributed by atoms with Crippen LogP contribution in [0.15, 0.2) is 79.0 Å². The Morgan fingerprint density at radius 3 is 2.38 bits per heavy atom. The number of pyridine rings is 1. The summed E-state index contributed by atoms with van der Waals surface area (Å²) in [6.07, 6.45) is 2.64. The molecule has 0 spiro atoms. The summed E-state index contributed by atoms with van der Waals surface area (Å²) in [4.78, 5) is 0. The van der Waals surface area contributed by atoms with Gasteiger partial charge in [0.1, 0.15) is 5.75 Å². The number of halogens is 1. The zero-order chi connectivity index (χ0) is 17.3. The fourth-order valence-corrected chi connectivity index (χ4v) is 3.83. The molecule has 4 heteroatoms. The van der Waals surface area contributed by atoms with Gasteiger partial charge in [0.05, 0.1) is 13.0 Å². The lowest BCUT2D eigenvalue weighted by Crippen LogP contribution is -3.00. The van der Waals surface area contributed by atoms with Crippen LogP contribution in [0.1, 0.15) is 29.8 Å². The number of aliphatic hydroxyl groups is 1. The molecular weight excluding hydrogens is 390 g/mol. The molecule has 2 atom stereocenters. The van der Waals surface area contributed by atoms with Crippen molar-refractivity contribution in [2.75, 3.05) is 6.61 Å². The van der Waals surface area contributed by atoms with Gasteiger partial charge < -0.3 is 26.8 Å². The van der Waals surface area contributed by atoms with Crippen molar-refractivity contribution in [3.63, 3.8) is 0 Å². The first-order valence-electron chi connectivity index (χ1n) is 8.72. The third-order valence-corrected chi connectivity index (χ3v) is 4.94. The van der Waals surface area contributed by atoms with Crippen molar-refractivity contribution in [2.24, 2.45) is 0 Å². The van der Waals surface area contributed by atoms with E-state index >= 15 is 0 Å². The Balaban J connectivity index is 0.00000196. The van der Waals surface area contributed by atoms with Gasteiger partial charge in [-0.05, 0) is 24.6 Å². The van der Waals surface area contributed by atoms with Crippen LogP contribution < -0.4 is 26.3 Å². The minimum atomic E-state index is -0.986. The van der Waals surface area contributed by atoms with E-state index in [-0.39, 0.29) is 23.0 Å². The Morgan fingerprint density at radius 2 is 1.69 bits per heavy atom. The highest BCUT2D eigenvalue weighted by atomic mass is 79.9. The summed E-state index contributed by atoms with van der Waals surface area (Å²) in [6.45, 7) is 2.61. The molecule has 0 radical (unpaired) electrons. The summed E-state index contributed by atoms with van der Waals surface area (Å²) in [6, 6.07) is 24.0. The molecule has 0 saturated heterocycles. The second kappa shape index (κ2) is 7.60. The third kappa shape index (κ3) is 3.15. The van der Waals surface area contributed by atoms with Gasteiger partial charge in [-0.25, -0.2) is 0 Å². The molecule has 3 aromatic rings. The number of fused-ring (bicyclic) bond motifs is 1. The van der Waals surface area contributed by atoms with Crippen LogP contribution in [0, 0.1) is 0 Å². The van der Waals surface area contributed by atoms with Crippen LogP contribution in [0.25, 0.3) is 0 Å². The highest BCUT2D eigenvalue weighted by Crippen LogP contribution is 2.42. The molecule has 0 aliphatic carbocycles. The average Bonchev–Trinajstić information content (AvgIpc) is 2.96. The van der Waals surface area contributed by atoms with Gasteiger partial charge in [0.15, 0.2) is 17.5 Å². The maximum atomic E-state index is 11.8. The lowest BCUT2D eigenvalue weighted by Gasteiger charge is -2.26. The molecule has 26 heavy (non-hydrogen) atoms. The summed E-state index contributed by atoms with van der Waals surface area (Å²) in [5.74, 6) is 0.828. The summed E-state index contributed by atoms with van der Waals surface area (Å²) in [7, 11) is 0. The highest BCUT2D eigenvalue weighted by Gasteiger charge is 2.53. The largest absolute Gasteiger partial charge is 1.00 e. The molecule has 2 unspecified atom stereocenters. The van der Waals surface area contributed by atoms with E-state index in [4.69, 9.17) is 4.74 Å². The van der Waals surface area contributed by atoms with Crippen molar-refractivity contribution in [1.29, 1.82) is 0 Å². The zero-order valence-electron chi connectivity index (χ0n) is 14.7. The number of nitrogens with zero attached hydrogens (tertiary/aromatic N) is 1. The van der Waals surface area contributed by atoms with E-state index in [9.17, 15) is 5.11 Å². The van der Waals surface area contributed by atoms with E-state index < -0.39 is 5.60 Å². The van der Waals surface area contributed by atoms with Crippen LogP contribution in [0.5, 0.6) is 5.75 Å². The molecule has 2 aromatic carbocycles. The summed E-state index contributed by atoms with van der Waals surface area (Å²) in [5, 5.41) is 11.8. The van der Waals surface area contributed by atoms with Crippen molar-refractivity contribution in [2.45, 2.75) is 25.0 Å². The maximum Gasteiger partial charge on any atom is 0.216 e. The van der Waals surface area contributed by atoms with E-state index in [0.29, 0.717) is 13.0 Å². The standard InChI is InChI=1S/C22H22NO2.BrH/c1-2-25-20-13-11-18(12-14-20)22(24)16-19-10-6-7-15-23(19)21(22)17-8-4-3-5-9-17;/h3-15,21,24H,2,16H2,1H3;1H/q+1;/p-1. The molecule has 1 aromatic heterocycles. The number of benzene rings is 2. The molecule has 0 saturated carbocycles. The van der Waals surface area contributed by atoms with Gasteiger partial charge in [-0.3, -0.25) is 0 Å². The molecule has 0 fully saturated rings. The minimum absolute atomic E-state index is 0. The zero-order valence-corrected chi connectivity index (χ0v) is 16.3. The smallest absolute Gasteiger partial charge is 0.216 e. The molecule has 3 nitrogen and oxygen atoms in total. The highest BCUT2D eigenvalue weighted by molar-refractivity contribution is 5.36. The van der Waals surface area contributed by atoms with Crippen molar-refractivity contribution in [1.82, 2.24) is 0 Å². The lowest BCUT2D eigenvalue weighted by atomic mass is 9.82. The topological polar surface area (TPSA) is 33.3 Å². The first-order valence-corrected chi connectivity index (χ1v) is 8.72. The predicted octanol–water partition coefficient (Wildman–Crippen LogP) is 0.410. The summed E-state index contributed by atoms with van der Waals surface area (Å²) < 4.78 is 7.73. The van der Waals surface area contributed by atoms with Crippen molar-refractivity contribution < 1.29 is 31.4 Å². The molecule has 1 N–H and O–H groups in total. The Morgan fingerprint density at radius 1 is 1.00 bits per heavy atom. The predicted molar refractivity (Wildman–Crippen MR) is 96.4 cm³/mol. The average molecular weight is 412 g/mol. The molecule has 0 amide bonds. The van der Waals surface area contributed by atoms with E-state index in [1.807, 2.05) is 61.5 Å². The van der Waals surface area contributed by atoms with Gasteiger partial charge in [0.25, 0.3) is 0 Å². The Bertz CT molecular complexity index is 867. The summed E-state index contributed by atoms with van der Waals surface area (Å²) in [5.41, 5.74) is 2.16. The summed E-state index contributed by atoms with van der Waals surface area (Å²) >= 11 is 0. The number of rotatable bonds is 4.